The summed E-state index contributed by atoms with van der Waals surface area (Å²) in [4.78, 5) is 14.0. The number of aryl methyl sites for hydroxylation is 1. The smallest absolute Gasteiger partial charge is 0.270 e. The molecule has 1 aromatic carbocycles. The molecule has 1 heterocycles. The van der Waals surface area contributed by atoms with Crippen LogP contribution < -0.4 is 0 Å². The molecule has 0 unspecified atom stereocenters. The van der Waals surface area contributed by atoms with E-state index in [1.807, 2.05) is 25.4 Å². The molecule has 0 bridgehead atoms. The van der Waals surface area contributed by atoms with E-state index in [9.17, 15) is 4.79 Å². The average molecular weight is 376 g/mol. The predicted octanol–water partition coefficient (Wildman–Crippen LogP) is 4.37. The number of hydrogen-bond donors (Lipinski definition) is 0. The van der Waals surface area contributed by atoms with Gasteiger partial charge in [0.05, 0.1) is 10.0 Å². The van der Waals surface area contributed by atoms with E-state index in [0.29, 0.717) is 22.3 Å². The quantitative estimate of drug-likeness (QED) is 0.781. The molecule has 2 aromatic rings. The Morgan fingerprint density at radius 3 is 2.70 bits per heavy atom. The Morgan fingerprint density at radius 2 is 2.10 bits per heavy atom. The summed E-state index contributed by atoms with van der Waals surface area (Å²) in [6.07, 6.45) is 1.84. The Morgan fingerprint density at radius 1 is 1.40 bits per heavy atom. The van der Waals surface area contributed by atoms with Gasteiger partial charge in [-0.2, -0.15) is 0 Å². The molecular formula is C14H13BrCl2N2O. The van der Waals surface area contributed by atoms with Crippen LogP contribution in [0.2, 0.25) is 10.0 Å². The summed E-state index contributed by atoms with van der Waals surface area (Å²) < 4.78 is 2.65. The summed E-state index contributed by atoms with van der Waals surface area (Å²) in [6, 6.07) is 7.20. The number of carbonyl (C=O) groups is 1. The second kappa shape index (κ2) is 6.20. The maximum atomic E-state index is 12.4. The standard InChI is InChI=1S/C14H13BrCl2N2O/c1-18-8-10(15)6-12(18)14(20)19(2)7-9-4-3-5-11(16)13(9)17/h3-6,8H,7H2,1-2H3. The lowest BCUT2D eigenvalue weighted by Crippen LogP contribution is -2.27. The molecule has 0 aliphatic carbocycles. The van der Waals surface area contributed by atoms with Gasteiger partial charge in [0.25, 0.3) is 5.91 Å². The molecule has 20 heavy (non-hydrogen) atoms. The second-order valence-corrected chi connectivity index (χ2v) is 6.23. The molecule has 0 saturated carbocycles. The van der Waals surface area contributed by atoms with Crippen LogP contribution in [-0.4, -0.2) is 22.4 Å². The summed E-state index contributed by atoms with van der Waals surface area (Å²) in [5.41, 5.74) is 1.43. The van der Waals surface area contributed by atoms with Gasteiger partial charge in [-0.25, -0.2) is 0 Å². The highest BCUT2D eigenvalue weighted by molar-refractivity contribution is 9.10. The first-order valence-electron chi connectivity index (χ1n) is 5.90. The minimum Gasteiger partial charge on any atom is -0.345 e. The molecule has 0 aliphatic heterocycles. The molecule has 0 saturated heterocycles. The van der Waals surface area contributed by atoms with E-state index in [2.05, 4.69) is 15.9 Å². The number of aromatic nitrogens is 1. The van der Waals surface area contributed by atoms with E-state index in [1.54, 1.807) is 28.6 Å². The van der Waals surface area contributed by atoms with Crippen LogP contribution >= 0.6 is 39.1 Å². The van der Waals surface area contributed by atoms with Crippen LogP contribution in [-0.2, 0) is 13.6 Å². The number of carbonyl (C=O) groups excluding carboxylic acids is 1. The lowest BCUT2D eigenvalue weighted by atomic mass is 10.2. The van der Waals surface area contributed by atoms with Crippen molar-refractivity contribution in [1.82, 2.24) is 9.47 Å². The Balaban J connectivity index is 2.20. The van der Waals surface area contributed by atoms with Crippen molar-refractivity contribution in [1.29, 1.82) is 0 Å². The van der Waals surface area contributed by atoms with Gasteiger partial charge in [-0.05, 0) is 33.6 Å². The summed E-state index contributed by atoms with van der Waals surface area (Å²) in [5.74, 6) is -0.0748. The van der Waals surface area contributed by atoms with Gasteiger partial charge in [-0.15, -0.1) is 0 Å². The molecule has 0 fully saturated rings. The van der Waals surface area contributed by atoms with E-state index in [-0.39, 0.29) is 5.91 Å². The van der Waals surface area contributed by atoms with Crippen LogP contribution in [0, 0.1) is 0 Å². The van der Waals surface area contributed by atoms with Crippen LogP contribution in [0.25, 0.3) is 0 Å². The Hall–Kier alpha value is -0.970. The van der Waals surface area contributed by atoms with Gasteiger partial charge in [-0.1, -0.05) is 35.3 Å². The Kier molecular flexibility index (Phi) is 4.78. The van der Waals surface area contributed by atoms with E-state index in [4.69, 9.17) is 23.2 Å². The molecule has 0 aliphatic rings. The first kappa shape index (κ1) is 15.4. The molecule has 1 aromatic heterocycles. The van der Waals surface area contributed by atoms with Crippen molar-refractivity contribution < 1.29 is 4.79 Å². The van der Waals surface area contributed by atoms with Crippen molar-refractivity contribution in [3.05, 3.63) is 56.2 Å². The van der Waals surface area contributed by atoms with E-state index >= 15 is 0 Å². The van der Waals surface area contributed by atoms with Gasteiger partial charge >= 0.3 is 0 Å². The highest BCUT2D eigenvalue weighted by Crippen LogP contribution is 2.26. The summed E-state index contributed by atoms with van der Waals surface area (Å²) in [5, 5.41) is 0.980. The van der Waals surface area contributed by atoms with Gasteiger partial charge in [0, 0.05) is 31.3 Å². The van der Waals surface area contributed by atoms with Crippen LogP contribution in [0.5, 0.6) is 0 Å². The maximum Gasteiger partial charge on any atom is 0.270 e. The van der Waals surface area contributed by atoms with Crippen LogP contribution in [0.15, 0.2) is 34.9 Å². The van der Waals surface area contributed by atoms with Crippen molar-refractivity contribution in [2.45, 2.75) is 6.54 Å². The van der Waals surface area contributed by atoms with Gasteiger partial charge in [-0.3, -0.25) is 4.79 Å². The number of hydrogen-bond acceptors (Lipinski definition) is 1. The molecule has 0 N–H and O–H groups in total. The van der Waals surface area contributed by atoms with Crippen LogP contribution in [0.4, 0.5) is 0 Å². The third kappa shape index (κ3) is 3.19. The third-order valence-corrected chi connectivity index (χ3v) is 4.27. The van der Waals surface area contributed by atoms with E-state index < -0.39 is 0 Å². The van der Waals surface area contributed by atoms with Gasteiger partial charge in [0.2, 0.25) is 0 Å². The molecule has 0 atom stereocenters. The van der Waals surface area contributed by atoms with Crippen molar-refractivity contribution >= 4 is 45.0 Å². The lowest BCUT2D eigenvalue weighted by Gasteiger charge is -2.18. The van der Waals surface area contributed by atoms with E-state index in [1.165, 1.54) is 0 Å². The summed E-state index contributed by atoms with van der Waals surface area (Å²) in [6.45, 7) is 0.404. The topological polar surface area (TPSA) is 25.2 Å². The van der Waals surface area contributed by atoms with Gasteiger partial charge < -0.3 is 9.47 Å². The molecule has 0 radical (unpaired) electrons. The zero-order chi connectivity index (χ0) is 14.9. The zero-order valence-electron chi connectivity index (χ0n) is 11.0. The van der Waals surface area contributed by atoms with Gasteiger partial charge in [0.15, 0.2) is 0 Å². The fourth-order valence-corrected chi connectivity index (χ4v) is 2.83. The third-order valence-electron chi connectivity index (χ3n) is 2.98. The van der Waals surface area contributed by atoms with E-state index in [0.717, 1.165) is 10.0 Å². The first-order chi connectivity index (χ1) is 9.40. The van der Waals surface area contributed by atoms with Crippen LogP contribution in [0.3, 0.4) is 0 Å². The zero-order valence-corrected chi connectivity index (χ0v) is 14.1. The monoisotopic (exact) mass is 374 g/mol. The van der Waals surface area contributed by atoms with Crippen molar-refractivity contribution in [3.63, 3.8) is 0 Å². The second-order valence-electron chi connectivity index (χ2n) is 4.53. The lowest BCUT2D eigenvalue weighted by molar-refractivity contribution is 0.0775. The predicted molar refractivity (Wildman–Crippen MR) is 85.4 cm³/mol. The Bertz CT molecular complexity index is 655. The summed E-state index contributed by atoms with van der Waals surface area (Å²) >= 11 is 15.5. The van der Waals surface area contributed by atoms with Crippen molar-refractivity contribution in [2.75, 3.05) is 7.05 Å². The van der Waals surface area contributed by atoms with Gasteiger partial charge in [0.1, 0.15) is 5.69 Å². The number of halogens is 3. The number of amides is 1. The highest BCUT2D eigenvalue weighted by atomic mass is 79.9. The minimum atomic E-state index is -0.0748. The fraction of sp³-hybridized carbons (Fsp3) is 0.214. The number of nitrogens with zero attached hydrogens (tertiary/aromatic N) is 2. The normalized spacial score (nSPS) is 10.7. The number of rotatable bonds is 3. The SMILES string of the molecule is CN(Cc1cccc(Cl)c1Cl)C(=O)c1cc(Br)cn1C. The molecule has 2 rings (SSSR count). The Labute approximate surface area is 136 Å². The summed E-state index contributed by atoms with van der Waals surface area (Å²) in [7, 11) is 3.57. The molecule has 106 valence electrons. The molecule has 0 spiro atoms. The highest BCUT2D eigenvalue weighted by Gasteiger charge is 2.17. The molecule has 1 amide bonds. The average Bonchev–Trinajstić information content (AvgIpc) is 2.73. The first-order valence-corrected chi connectivity index (χ1v) is 7.45. The molecular weight excluding hydrogens is 363 g/mol. The molecule has 6 heteroatoms. The maximum absolute atomic E-state index is 12.4. The largest absolute Gasteiger partial charge is 0.345 e. The minimum absolute atomic E-state index is 0.0748. The number of benzene rings is 1. The molecule has 3 nitrogen and oxygen atoms in total. The van der Waals surface area contributed by atoms with Crippen molar-refractivity contribution in [3.8, 4) is 0 Å². The fourth-order valence-electron chi connectivity index (χ4n) is 1.93. The van der Waals surface area contributed by atoms with Crippen LogP contribution in [0.1, 0.15) is 16.1 Å². The van der Waals surface area contributed by atoms with Crippen molar-refractivity contribution in [2.24, 2.45) is 7.05 Å².